The molecule has 8 nitrogen and oxygen atoms in total. The first-order valence-electron chi connectivity index (χ1n) is 10.5. The molecule has 0 bridgehead atoms. The zero-order valence-electron chi connectivity index (χ0n) is 17.7. The first kappa shape index (κ1) is 22.4. The Hall–Kier alpha value is -3.78. The highest BCUT2D eigenvalue weighted by Crippen LogP contribution is 2.24. The van der Waals surface area contributed by atoms with Gasteiger partial charge in [0.05, 0.1) is 5.69 Å². The lowest BCUT2D eigenvalue weighted by Crippen LogP contribution is -2.23. The zero-order chi connectivity index (χ0) is 23.2. The van der Waals surface area contributed by atoms with Crippen LogP contribution in [0, 0.1) is 0 Å². The number of rotatable bonds is 7. The van der Waals surface area contributed by atoms with Gasteiger partial charge in [-0.2, -0.15) is 0 Å². The van der Waals surface area contributed by atoms with Gasteiger partial charge in [0.2, 0.25) is 0 Å². The van der Waals surface area contributed by atoms with E-state index >= 15 is 0 Å². The Balaban J connectivity index is 1.38. The Labute approximate surface area is 195 Å². The number of nitrogens with one attached hydrogen (secondary N) is 1. The quantitative estimate of drug-likeness (QED) is 0.419. The van der Waals surface area contributed by atoms with Crippen LogP contribution in [0.25, 0.3) is 0 Å². The third-order valence-corrected chi connectivity index (χ3v) is 5.40. The molecule has 1 saturated heterocycles. The molecular formula is C24H21ClN4O4. The fourth-order valence-corrected chi connectivity index (χ4v) is 3.67. The molecule has 3 aromatic rings. The number of ether oxygens (including phenoxy) is 1. The molecule has 9 heteroatoms. The second-order valence-corrected chi connectivity index (χ2v) is 7.92. The second-order valence-electron chi connectivity index (χ2n) is 7.48. The number of amides is 1. The zero-order valence-corrected chi connectivity index (χ0v) is 18.4. The minimum absolute atomic E-state index is 0.0113. The largest absolute Gasteiger partial charge is 0.451 e. The highest BCUT2D eigenvalue weighted by atomic mass is 35.5. The lowest BCUT2D eigenvalue weighted by Gasteiger charge is -2.15. The summed E-state index contributed by atoms with van der Waals surface area (Å²) in [5, 5.41) is 10.9. The van der Waals surface area contributed by atoms with Crippen LogP contribution < -0.4 is 10.2 Å². The van der Waals surface area contributed by atoms with Gasteiger partial charge in [-0.15, -0.1) is 10.2 Å². The predicted molar refractivity (Wildman–Crippen MR) is 124 cm³/mol. The number of aromatic nitrogens is 2. The molecule has 0 radical (unpaired) electrons. The molecule has 1 aromatic heterocycles. The summed E-state index contributed by atoms with van der Waals surface area (Å²) in [5.74, 6) is -0.948. The molecule has 4 rings (SSSR count). The summed E-state index contributed by atoms with van der Waals surface area (Å²) < 4.78 is 5.06. The van der Waals surface area contributed by atoms with Crippen molar-refractivity contribution < 1.29 is 19.1 Å². The van der Waals surface area contributed by atoms with Crippen LogP contribution in [0.4, 0.5) is 11.5 Å². The molecule has 2 aromatic carbocycles. The average molecular weight is 465 g/mol. The smallest absolute Gasteiger partial charge is 0.359 e. The summed E-state index contributed by atoms with van der Waals surface area (Å²) in [4.78, 5) is 39.6. The molecule has 0 aliphatic carbocycles. The van der Waals surface area contributed by atoms with E-state index in [0.29, 0.717) is 16.4 Å². The summed E-state index contributed by atoms with van der Waals surface area (Å²) in [7, 11) is 0. The van der Waals surface area contributed by atoms with Crippen LogP contribution in [0.1, 0.15) is 39.3 Å². The first-order chi connectivity index (χ1) is 16.0. The van der Waals surface area contributed by atoms with E-state index in [1.165, 1.54) is 18.2 Å². The maximum Gasteiger partial charge on any atom is 0.359 e. The monoisotopic (exact) mass is 464 g/mol. The number of hydrogen-bond donors (Lipinski definition) is 1. The van der Waals surface area contributed by atoms with E-state index in [-0.39, 0.29) is 22.7 Å². The van der Waals surface area contributed by atoms with Crippen molar-refractivity contribution in [3.8, 4) is 0 Å². The van der Waals surface area contributed by atoms with E-state index in [1.807, 2.05) is 0 Å². The molecule has 0 saturated carbocycles. The Morgan fingerprint density at radius 1 is 0.970 bits per heavy atom. The summed E-state index contributed by atoms with van der Waals surface area (Å²) >= 11 is 6.06. The van der Waals surface area contributed by atoms with E-state index < -0.39 is 18.5 Å². The molecule has 0 spiro atoms. The van der Waals surface area contributed by atoms with Crippen molar-refractivity contribution in [1.82, 2.24) is 10.2 Å². The lowest BCUT2D eigenvalue weighted by atomic mass is 10.0. The molecule has 0 atom stereocenters. The number of carbonyl (C=O) groups excluding carboxylic acids is 3. The van der Waals surface area contributed by atoms with E-state index in [4.69, 9.17) is 16.3 Å². The molecule has 0 unspecified atom stereocenters. The molecule has 1 amide bonds. The van der Waals surface area contributed by atoms with Crippen molar-refractivity contribution in [2.75, 3.05) is 29.9 Å². The van der Waals surface area contributed by atoms with Crippen molar-refractivity contribution in [3.05, 3.63) is 82.5 Å². The Bertz CT molecular complexity index is 1160. The number of nitrogens with zero attached hydrogens (tertiary/aromatic N) is 3. The number of anilines is 2. The van der Waals surface area contributed by atoms with E-state index in [0.717, 1.165) is 25.9 Å². The van der Waals surface area contributed by atoms with Gasteiger partial charge in [0.15, 0.2) is 23.9 Å². The SMILES string of the molecule is O=C(COC(=O)c1ccc(N2CCCC2)nn1)Nc1ccc(Cl)cc1C(=O)c1ccccc1. The lowest BCUT2D eigenvalue weighted by molar-refractivity contribution is -0.119. The summed E-state index contributed by atoms with van der Waals surface area (Å²) in [6.07, 6.45) is 2.21. The minimum Gasteiger partial charge on any atom is -0.451 e. The number of halogens is 1. The maximum atomic E-state index is 12.9. The standard InChI is InChI=1S/C24H21ClN4O4/c25-17-8-9-19(18(14-17)23(31)16-6-2-1-3-7-16)26-22(30)15-33-24(32)20-10-11-21(28-27-20)29-12-4-5-13-29/h1-3,6-11,14H,4-5,12-13,15H2,(H,26,30). The first-order valence-corrected chi connectivity index (χ1v) is 10.8. The van der Waals surface area contributed by atoms with Gasteiger partial charge in [0, 0.05) is 29.2 Å². The van der Waals surface area contributed by atoms with Crippen LogP contribution in [0.2, 0.25) is 5.02 Å². The van der Waals surface area contributed by atoms with E-state index in [9.17, 15) is 14.4 Å². The number of hydrogen-bond acceptors (Lipinski definition) is 7. The number of ketones is 1. The van der Waals surface area contributed by atoms with Crippen molar-refractivity contribution in [2.24, 2.45) is 0 Å². The van der Waals surface area contributed by atoms with Crippen molar-refractivity contribution >= 4 is 40.8 Å². The number of esters is 1. The van der Waals surface area contributed by atoms with Gasteiger partial charge in [-0.3, -0.25) is 9.59 Å². The Morgan fingerprint density at radius 3 is 2.42 bits per heavy atom. The van der Waals surface area contributed by atoms with Gasteiger partial charge in [0.1, 0.15) is 0 Å². The predicted octanol–water partition coefficient (Wildman–Crippen LogP) is 3.76. The highest BCUT2D eigenvalue weighted by molar-refractivity contribution is 6.31. The molecule has 1 fully saturated rings. The fourth-order valence-electron chi connectivity index (χ4n) is 3.50. The Kier molecular flexibility index (Phi) is 6.95. The maximum absolute atomic E-state index is 12.9. The van der Waals surface area contributed by atoms with Crippen LogP contribution in [0.5, 0.6) is 0 Å². The minimum atomic E-state index is -0.762. The van der Waals surface area contributed by atoms with Gasteiger partial charge in [-0.05, 0) is 43.2 Å². The topological polar surface area (TPSA) is 101 Å². The van der Waals surface area contributed by atoms with Crippen LogP contribution in [-0.4, -0.2) is 47.6 Å². The van der Waals surface area contributed by atoms with Crippen molar-refractivity contribution in [3.63, 3.8) is 0 Å². The summed E-state index contributed by atoms with van der Waals surface area (Å²) in [6.45, 7) is 1.28. The normalized spacial score (nSPS) is 12.9. The van der Waals surface area contributed by atoms with E-state index in [1.54, 1.807) is 42.5 Å². The van der Waals surface area contributed by atoms with Crippen molar-refractivity contribution in [1.29, 1.82) is 0 Å². The third-order valence-electron chi connectivity index (χ3n) is 5.16. The van der Waals surface area contributed by atoms with Gasteiger partial charge >= 0.3 is 5.97 Å². The molecule has 168 valence electrons. The van der Waals surface area contributed by atoms with E-state index in [2.05, 4.69) is 20.4 Å². The molecule has 1 aliphatic rings. The summed E-state index contributed by atoms with van der Waals surface area (Å²) in [5.41, 5.74) is 0.968. The third kappa shape index (κ3) is 5.53. The molecule has 1 aliphatic heterocycles. The van der Waals surface area contributed by atoms with Crippen LogP contribution in [-0.2, 0) is 9.53 Å². The number of benzene rings is 2. The molecule has 1 N–H and O–H groups in total. The molecule has 2 heterocycles. The average Bonchev–Trinajstić information content (AvgIpc) is 3.39. The van der Waals surface area contributed by atoms with Gasteiger partial charge < -0.3 is 15.0 Å². The molecular weight excluding hydrogens is 444 g/mol. The fraction of sp³-hybridized carbons (Fsp3) is 0.208. The van der Waals surface area contributed by atoms with Gasteiger partial charge in [0.25, 0.3) is 5.91 Å². The van der Waals surface area contributed by atoms with Crippen molar-refractivity contribution in [2.45, 2.75) is 12.8 Å². The molecule has 33 heavy (non-hydrogen) atoms. The second kappa shape index (κ2) is 10.2. The van der Waals surface area contributed by atoms with Gasteiger partial charge in [-0.1, -0.05) is 41.9 Å². The highest BCUT2D eigenvalue weighted by Gasteiger charge is 2.19. The van der Waals surface area contributed by atoms with Crippen LogP contribution in [0.3, 0.4) is 0 Å². The van der Waals surface area contributed by atoms with Crippen LogP contribution >= 0.6 is 11.6 Å². The van der Waals surface area contributed by atoms with Gasteiger partial charge in [-0.25, -0.2) is 4.79 Å². The Morgan fingerprint density at radius 2 is 1.73 bits per heavy atom. The summed E-state index contributed by atoms with van der Waals surface area (Å²) in [6, 6.07) is 16.4. The number of carbonyl (C=O) groups is 3. The van der Waals surface area contributed by atoms with Crippen LogP contribution in [0.15, 0.2) is 60.7 Å².